The lowest BCUT2D eigenvalue weighted by atomic mass is 10.1. The van der Waals surface area contributed by atoms with Crippen molar-refractivity contribution in [3.05, 3.63) is 63.5 Å². The number of pyridine rings is 1. The first-order valence-electron chi connectivity index (χ1n) is 9.34. The van der Waals surface area contributed by atoms with Gasteiger partial charge in [0.05, 0.1) is 18.5 Å². The summed E-state index contributed by atoms with van der Waals surface area (Å²) in [6.07, 6.45) is 1.69. The smallest absolute Gasteiger partial charge is 0.323 e. The minimum absolute atomic E-state index is 0.0738. The highest BCUT2D eigenvalue weighted by molar-refractivity contribution is 6.31. The van der Waals surface area contributed by atoms with Gasteiger partial charge in [-0.15, -0.1) is 0 Å². The lowest BCUT2D eigenvalue weighted by Crippen LogP contribution is -2.25. The minimum Gasteiger partial charge on any atom is -0.495 e. The van der Waals surface area contributed by atoms with Crippen LogP contribution in [0.25, 0.3) is 10.8 Å². The zero-order chi connectivity index (χ0) is 21.1. The molecule has 2 aromatic carbocycles. The number of benzene rings is 2. The Morgan fingerprint density at radius 3 is 2.45 bits per heavy atom. The Morgan fingerprint density at radius 2 is 1.79 bits per heavy atom. The average molecular weight is 414 g/mol. The average Bonchev–Trinajstić information content (AvgIpc) is 2.67. The van der Waals surface area contributed by atoms with Gasteiger partial charge in [0.15, 0.2) is 0 Å². The van der Waals surface area contributed by atoms with Gasteiger partial charge in [-0.1, -0.05) is 43.6 Å². The molecule has 29 heavy (non-hydrogen) atoms. The number of amides is 2. The summed E-state index contributed by atoms with van der Waals surface area (Å²) in [5.74, 6) is 0.752. The second-order valence-corrected chi connectivity index (χ2v) is 7.73. The fraction of sp³-hybridized carbons (Fsp3) is 0.273. The summed E-state index contributed by atoms with van der Waals surface area (Å²) in [5.41, 5.74) is 1.81. The van der Waals surface area contributed by atoms with Crippen molar-refractivity contribution in [1.29, 1.82) is 0 Å². The van der Waals surface area contributed by atoms with E-state index >= 15 is 0 Å². The normalized spacial score (nSPS) is 11.0. The molecule has 0 aliphatic rings. The van der Waals surface area contributed by atoms with Crippen molar-refractivity contribution >= 4 is 39.8 Å². The first-order chi connectivity index (χ1) is 13.8. The molecule has 2 amide bonds. The van der Waals surface area contributed by atoms with Crippen molar-refractivity contribution in [2.45, 2.75) is 27.3 Å². The van der Waals surface area contributed by atoms with Gasteiger partial charge in [-0.05, 0) is 30.5 Å². The predicted molar refractivity (Wildman–Crippen MR) is 118 cm³/mol. The van der Waals surface area contributed by atoms with E-state index < -0.39 is 6.03 Å². The number of rotatable bonds is 5. The lowest BCUT2D eigenvalue weighted by Gasteiger charge is -2.16. The van der Waals surface area contributed by atoms with E-state index in [2.05, 4.69) is 10.6 Å². The van der Waals surface area contributed by atoms with Gasteiger partial charge in [-0.25, -0.2) is 4.79 Å². The topological polar surface area (TPSA) is 72.4 Å². The predicted octanol–water partition coefficient (Wildman–Crippen LogP) is 5.27. The van der Waals surface area contributed by atoms with Crippen LogP contribution in [-0.2, 0) is 6.54 Å². The van der Waals surface area contributed by atoms with E-state index in [9.17, 15) is 9.59 Å². The number of hydrogen-bond acceptors (Lipinski definition) is 3. The van der Waals surface area contributed by atoms with E-state index in [-0.39, 0.29) is 11.5 Å². The van der Waals surface area contributed by atoms with E-state index in [0.29, 0.717) is 39.5 Å². The van der Waals surface area contributed by atoms with Gasteiger partial charge in [-0.3, -0.25) is 4.79 Å². The monoisotopic (exact) mass is 413 g/mol. The molecule has 0 atom stereocenters. The molecule has 0 aliphatic heterocycles. The molecular formula is C22H24ClN3O3. The van der Waals surface area contributed by atoms with Crippen LogP contribution in [0.15, 0.2) is 47.4 Å². The Labute approximate surface area is 174 Å². The molecule has 0 spiro atoms. The summed E-state index contributed by atoms with van der Waals surface area (Å²) in [5, 5.41) is 7.46. The fourth-order valence-corrected chi connectivity index (χ4v) is 3.33. The highest BCUT2D eigenvalue weighted by Crippen LogP contribution is 2.31. The molecule has 0 bridgehead atoms. The number of carbonyl (C=O) groups excluding carboxylic acids is 1. The highest BCUT2D eigenvalue weighted by atomic mass is 35.5. The molecule has 1 aromatic heterocycles. The van der Waals surface area contributed by atoms with Crippen molar-refractivity contribution in [3.8, 4) is 5.75 Å². The zero-order valence-electron chi connectivity index (χ0n) is 16.9. The third-order valence-corrected chi connectivity index (χ3v) is 4.94. The van der Waals surface area contributed by atoms with Gasteiger partial charge in [0.2, 0.25) is 0 Å². The summed E-state index contributed by atoms with van der Waals surface area (Å²) in [6, 6.07) is 10.2. The van der Waals surface area contributed by atoms with Gasteiger partial charge >= 0.3 is 6.03 Å². The molecule has 0 aliphatic carbocycles. The second-order valence-electron chi connectivity index (χ2n) is 7.32. The number of hydrogen-bond donors (Lipinski definition) is 2. The maximum atomic E-state index is 12.8. The summed E-state index contributed by atoms with van der Waals surface area (Å²) >= 11 is 6.13. The van der Waals surface area contributed by atoms with Crippen LogP contribution in [0.2, 0.25) is 5.02 Å². The van der Waals surface area contributed by atoms with Gasteiger partial charge in [0, 0.05) is 34.6 Å². The van der Waals surface area contributed by atoms with Crippen LogP contribution in [0, 0.1) is 12.8 Å². The molecule has 0 unspecified atom stereocenters. The number of urea groups is 1. The molecule has 2 N–H and O–H groups in total. The summed E-state index contributed by atoms with van der Waals surface area (Å²) in [6.45, 7) is 6.48. The van der Waals surface area contributed by atoms with Crippen LogP contribution in [0.3, 0.4) is 0 Å². The number of methoxy groups -OCH3 is 1. The van der Waals surface area contributed by atoms with Crippen LogP contribution in [-0.4, -0.2) is 17.7 Å². The molecule has 3 rings (SSSR count). The maximum Gasteiger partial charge on any atom is 0.323 e. The molecule has 6 nitrogen and oxygen atoms in total. The van der Waals surface area contributed by atoms with Gasteiger partial charge in [-0.2, -0.15) is 0 Å². The molecule has 1 heterocycles. The minimum atomic E-state index is -0.440. The number of nitrogens with zero attached hydrogens (tertiary/aromatic N) is 1. The molecule has 0 radical (unpaired) electrons. The Kier molecular flexibility index (Phi) is 6.13. The van der Waals surface area contributed by atoms with Crippen molar-refractivity contribution in [2.24, 2.45) is 5.92 Å². The Balaban J connectivity index is 1.96. The molecule has 0 saturated heterocycles. The number of nitrogens with one attached hydrogen (secondary N) is 2. The van der Waals surface area contributed by atoms with E-state index in [1.165, 1.54) is 7.11 Å². The third kappa shape index (κ3) is 4.54. The number of halogens is 1. The van der Waals surface area contributed by atoms with Crippen LogP contribution in [0.4, 0.5) is 16.2 Å². The largest absolute Gasteiger partial charge is 0.495 e. The fourth-order valence-electron chi connectivity index (χ4n) is 3.18. The molecule has 0 saturated carbocycles. The van der Waals surface area contributed by atoms with E-state index in [1.54, 1.807) is 29.0 Å². The lowest BCUT2D eigenvalue weighted by molar-refractivity contribution is 0.262. The second kappa shape index (κ2) is 8.57. The Bertz CT molecular complexity index is 1120. The maximum absolute atomic E-state index is 12.8. The van der Waals surface area contributed by atoms with E-state index in [1.807, 2.05) is 39.0 Å². The summed E-state index contributed by atoms with van der Waals surface area (Å²) in [4.78, 5) is 25.5. The van der Waals surface area contributed by atoms with Crippen molar-refractivity contribution < 1.29 is 9.53 Å². The van der Waals surface area contributed by atoms with Crippen molar-refractivity contribution in [1.82, 2.24) is 4.57 Å². The standard InChI is InChI=1S/C22H24ClN3O3/c1-13(2)11-26-12-19(15-7-5-6-8-16(15)21(26)27)25-22(28)24-18-9-14(3)17(23)10-20(18)29-4/h5-10,12-13H,11H2,1-4H3,(H2,24,25,28). The van der Waals surface area contributed by atoms with Gasteiger partial charge in [0.1, 0.15) is 5.75 Å². The van der Waals surface area contributed by atoms with Crippen molar-refractivity contribution in [2.75, 3.05) is 17.7 Å². The Morgan fingerprint density at radius 1 is 1.14 bits per heavy atom. The Hall–Kier alpha value is -2.99. The van der Waals surface area contributed by atoms with Crippen molar-refractivity contribution in [3.63, 3.8) is 0 Å². The van der Waals surface area contributed by atoms with Gasteiger partial charge in [0.25, 0.3) is 5.56 Å². The number of fused-ring (bicyclic) bond motifs is 1. The highest BCUT2D eigenvalue weighted by Gasteiger charge is 2.14. The van der Waals surface area contributed by atoms with Crippen LogP contribution in [0.1, 0.15) is 19.4 Å². The number of aryl methyl sites for hydroxylation is 1. The number of aromatic nitrogens is 1. The van der Waals surface area contributed by atoms with Gasteiger partial charge < -0.3 is 19.9 Å². The first-order valence-corrected chi connectivity index (χ1v) is 9.72. The third-order valence-electron chi connectivity index (χ3n) is 4.53. The molecule has 3 aromatic rings. The van der Waals surface area contributed by atoms with Crippen LogP contribution >= 0.6 is 11.6 Å². The first kappa shape index (κ1) is 20.7. The zero-order valence-corrected chi connectivity index (χ0v) is 17.6. The number of carbonyl (C=O) groups is 1. The SMILES string of the molecule is COc1cc(Cl)c(C)cc1NC(=O)Nc1cn(CC(C)C)c(=O)c2ccccc12. The summed E-state index contributed by atoms with van der Waals surface area (Å²) < 4.78 is 6.94. The molecule has 152 valence electrons. The quantitative estimate of drug-likeness (QED) is 0.598. The number of anilines is 2. The summed E-state index contributed by atoms with van der Waals surface area (Å²) in [7, 11) is 1.51. The van der Waals surface area contributed by atoms with E-state index in [0.717, 1.165) is 5.56 Å². The molecule has 7 heteroatoms. The molecule has 0 fully saturated rings. The van der Waals surface area contributed by atoms with E-state index in [4.69, 9.17) is 16.3 Å². The molecular weight excluding hydrogens is 390 g/mol. The number of ether oxygens (including phenoxy) is 1. The van der Waals surface area contributed by atoms with Crippen LogP contribution in [0.5, 0.6) is 5.75 Å². The van der Waals surface area contributed by atoms with Crippen LogP contribution < -0.4 is 20.9 Å².